The molecule has 0 amide bonds. The van der Waals surface area contributed by atoms with Gasteiger partial charge in [-0.05, 0) is 80.9 Å². The Kier molecular flexibility index (Phi) is 8.42. The summed E-state index contributed by atoms with van der Waals surface area (Å²) in [4.78, 5) is 15.3. The molecule has 0 spiro atoms. The minimum atomic E-state index is 0.569. The molecule has 0 aliphatic rings. The zero-order chi connectivity index (χ0) is 41.0. The number of fused-ring (bicyclic) bond motifs is 6. The number of rotatable bonds is 7. The molecule has 9 aromatic carbocycles. The largest absolute Gasteiger partial charge is 0.456 e. The van der Waals surface area contributed by atoms with Crippen LogP contribution in [0.4, 0.5) is 0 Å². The number of nitrogens with zero attached hydrogens (tertiary/aromatic N) is 3. The first-order valence-electron chi connectivity index (χ1n) is 20.7. The second-order valence-corrected chi connectivity index (χ2v) is 15.5. The van der Waals surface area contributed by atoms with Crippen molar-refractivity contribution in [2.24, 2.45) is 0 Å². The van der Waals surface area contributed by atoms with Gasteiger partial charge in [0.2, 0.25) is 0 Å². The van der Waals surface area contributed by atoms with Crippen molar-refractivity contribution in [3.63, 3.8) is 0 Å². The van der Waals surface area contributed by atoms with Crippen molar-refractivity contribution < 1.29 is 8.83 Å². The van der Waals surface area contributed by atoms with Gasteiger partial charge in [0, 0.05) is 38.2 Å². The monoisotopic (exact) mass is 793 g/mol. The van der Waals surface area contributed by atoms with Crippen LogP contribution in [0.2, 0.25) is 0 Å². The molecule has 0 N–H and O–H groups in total. The number of furan rings is 2. The Hall–Kier alpha value is -8.41. The topological polar surface area (TPSA) is 65.0 Å². The predicted octanol–water partition coefficient (Wildman–Crippen LogP) is 15.3. The van der Waals surface area contributed by atoms with Crippen molar-refractivity contribution in [3.05, 3.63) is 212 Å². The lowest BCUT2D eigenvalue weighted by molar-refractivity contribution is 0.668. The van der Waals surface area contributed by atoms with E-state index in [1.165, 1.54) is 0 Å². The Labute approximate surface area is 357 Å². The van der Waals surface area contributed by atoms with Gasteiger partial charge in [-0.25, -0.2) is 15.0 Å². The van der Waals surface area contributed by atoms with Gasteiger partial charge in [0.05, 0.1) is 0 Å². The molecule has 5 nitrogen and oxygen atoms in total. The summed E-state index contributed by atoms with van der Waals surface area (Å²) in [5.74, 6) is 1.77. The molecule has 3 heterocycles. The highest BCUT2D eigenvalue weighted by Gasteiger charge is 2.19. The molecule has 0 unspecified atom stereocenters. The molecule has 0 aliphatic heterocycles. The van der Waals surface area contributed by atoms with Gasteiger partial charge in [-0.3, -0.25) is 0 Å². The molecule has 5 heteroatoms. The van der Waals surface area contributed by atoms with Gasteiger partial charge in [-0.1, -0.05) is 176 Å². The number of aromatic nitrogens is 3. The maximum atomic E-state index is 6.67. The summed E-state index contributed by atoms with van der Waals surface area (Å²) in [6.45, 7) is 0. The molecule has 3 aromatic heterocycles. The highest BCUT2D eigenvalue weighted by Crippen LogP contribution is 2.43. The van der Waals surface area contributed by atoms with E-state index in [1.54, 1.807) is 0 Å². The fraction of sp³-hybridized carbons (Fsp3) is 0. The van der Waals surface area contributed by atoms with Crippen LogP contribution in [0.15, 0.2) is 221 Å². The molecule has 0 radical (unpaired) electrons. The molecule has 12 aromatic rings. The van der Waals surface area contributed by atoms with Crippen LogP contribution in [0.5, 0.6) is 0 Å². The Morgan fingerprint density at radius 3 is 1.39 bits per heavy atom. The molecule has 0 saturated carbocycles. The van der Waals surface area contributed by atoms with Crippen LogP contribution in [0, 0.1) is 0 Å². The molecule has 290 valence electrons. The average Bonchev–Trinajstić information content (AvgIpc) is 3.92. The van der Waals surface area contributed by atoms with Gasteiger partial charge >= 0.3 is 0 Å². The third-order valence-corrected chi connectivity index (χ3v) is 11.8. The van der Waals surface area contributed by atoms with E-state index < -0.39 is 0 Å². The summed E-state index contributed by atoms with van der Waals surface area (Å²) in [6, 6.07) is 73.4. The van der Waals surface area contributed by atoms with Gasteiger partial charge < -0.3 is 8.83 Å². The van der Waals surface area contributed by atoms with Crippen LogP contribution in [0.1, 0.15) is 0 Å². The second-order valence-electron chi connectivity index (χ2n) is 15.5. The average molecular weight is 794 g/mol. The van der Waals surface area contributed by atoms with Crippen LogP contribution in [-0.2, 0) is 0 Å². The molecule has 0 aliphatic carbocycles. The molecule has 0 atom stereocenters. The van der Waals surface area contributed by atoms with E-state index >= 15 is 0 Å². The van der Waals surface area contributed by atoms with Crippen LogP contribution in [0.25, 0.3) is 123 Å². The zero-order valence-electron chi connectivity index (χ0n) is 33.4. The molecule has 62 heavy (non-hydrogen) atoms. The van der Waals surface area contributed by atoms with Crippen molar-refractivity contribution in [1.82, 2.24) is 15.0 Å². The highest BCUT2D eigenvalue weighted by atomic mass is 16.3. The third-order valence-electron chi connectivity index (χ3n) is 11.8. The van der Waals surface area contributed by atoms with Crippen LogP contribution < -0.4 is 0 Å². The van der Waals surface area contributed by atoms with Crippen molar-refractivity contribution >= 4 is 43.9 Å². The first kappa shape index (κ1) is 35.5. The highest BCUT2D eigenvalue weighted by molar-refractivity contribution is 6.14. The van der Waals surface area contributed by atoms with Crippen LogP contribution in [-0.4, -0.2) is 15.0 Å². The Balaban J connectivity index is 0.965. The van der Waals surface area contributed by atoms with E-state index in [2.05, 4.69) is 182 Å². The van der Waals surface area contributed by atoms with E-state index in [4.69, 9.17) is 23.8 Å². The predicted molar refractivity (Wildman–Crippen MR) is 252 cm³/mol. The van der Waals surface area contributed by atoms with Crippen molar-refractivity contribution in [1.29, 1.82) is 0 Å². The molecular formula is C57H35N3O2. The summed E-state index contributed by atoms with van der Waals surface area (Å²) in [5.41, 5.74) is 15.1. The summed E-state index contributed by atoms with van der Waals surface area (Å²) < 4.78 is 12.8. The van der Waals surface area contributed by atoms with Crippen molar-refractivity contribution in [2.45, 2.75) is 0 Å². The van der Waals surface area contributed by atoms with Gasteiger partial charge in [0.15, 0.2) is 17.5 Å². The van der Waals surface area contributed by atoms with Gasteiger partial charge in [-0.15, -0.1) is 0 Å². The smallest absolute Gasteiger partial charge is 0.164 e. The van der Waals surface area contributed by atoms with Crippen LogP contribution in [0.3, 0.4) is 0 Å². The molecule has 12 rings (SSSR count). The second kappa shape index (κ2) is 14.7. The standard InChI is InChI=1S/C57H35N3O2/c1-3-12-36(13-4-1)38-22-26-40(27-23-38)55-58-56(41-28-24-39(25-29-41)37-14-5-2-6-15-37)60-57(59-55)43-30-32-48-53(35-43)62-52-21-11-19-47(54(48)52)45-17-8-7-16-44(45)42-31-33-51-49(34-42)46-18-9-10-20-50(46)61-51/h1-35H. The Bertz CT molecular complexity index is 3510. The lowest BCUT2D eigenvalue weighted by Gasteiger charge is -2.12. The third kappa shape index (κ3) is 6.23. The van der Waals surface area contributed by atoms with E-state index in [0.717, 1.165) is 105 Å². The van der Waals surface area contributed by atoms with E-state index in [1.807, 2.05) is 30.3 Å². The van der Waals surface area contributed by atoms with Crippen LogP contribution >= 0.6 is 0 Å². The number of hydrogen-bond donors (Lipinski definition) is 0. The lowest BCUT2D eigenvalue weighted by Crippen LogP contribution is -2.00. The summed E-state index contributed by atoms with van der Waals surface area (Å²) in [5, 5.41) is 4.30. The van der Waals surface area contributed by atoms with E-state index in [9.17, 15) is 0 Å². The summed E-state index contributed by atoms with van der Waals surface area (Å²) >= 11 is 0. The molecular weight excluding hydrogens is 759 g/mol. The Morgan fingerprint density at radius 2 is 0.710 bits per heavy atom. The lowest BCUT2D eigenvalue weighted by atomic mass is 9.91. The van der Waals surface area contributed by atoms with Crippen molar-refractivity contribution in [3.8, 4) is 78.7 Å². The molecule has 0 fully saturated rings. The fourth-order valence-corrected chi connectivity index (χ4v) is 8.70. The first-order chi connectivity index (χ1) is 30.7. The number of para-hydroxylation sites is 1. The first-order valence-corrected chi connectivity index (χ1v) is 20.7. The number of hydrogen-bond acceptors (Lipinski definition) is 5. The molecule has 0 saturated heterocycles. The normalized spacial score (nSPS) is 11.5. The fourth-order valence-electron chi connectivity index (χ4n) is 8.70. The minimum Gasteiger partial charge on any atom is -0.456 e. The summed E-state index contributed by atoms with van der Waals surface area (Å²) in [6.07, 6.45) is 0. The van der Waals surface area contributed by atoms with Gasteiger partial charge in [0.25, 0.3) is 0 Å². The quantitative estimate of drug-likeness (QED) is 0.161. The summed E-state index contributed by atoms with van der Waals surface area (Å²) in [7, 11) is 0. The van der Waals surface area contributed by atoms with E-state index in [0.29, 0.717) is 17.5 Å². The Morgan fingerprint density at radius 1 is 0.242 bits per heavy atom. The minimum absolute atomic E-state index is 0.569. The SMILES string of the molecule is c1ccc(-c2ccc(-c3nc(-c4ccc(-c5ccccc5)cc4)nc(-c4ccc5c(c4)oc4cccc(-c6ccccc6-c6ccc7oc8ccccc8c7c6)c45)n3)cc2)cc1. The number of benzene rings is 9. The van der Waals surface area contributed by atoms with E-state index in [-0.39, 0.29) is 0 Å². The van der Waals surface area contributed by atoms with Crippen molar-refractivity contribution in [2.75, 3.05) is 0 Å². The maximum absolute atomic E-state index is 6.67. The van der Waals surface area contributed by atoms with Gasteiger partial charge in [0.1, 0.15) is 22.3 Å². The zero-order valence-corrected chi connectivity index (χ0v) is 33.4. The molecule has 0 bridgehead atoms. The van der Waals surface area contributed by atoms with Gasteiger partial charge in [-0.2, -0.15) is 0 Å². The maximum Gasteiger partial charge on any atom is 0.164 e.